The van der Waals surface area contributed by atoms with E-state index in [-0.39, 0.29) is 17.7 Å². The summed E-state index contributed by atoms with van der Waals surface area (Å²) >= 11 is 0. The monoisotopic (exact) mass is 412 g/mol. The second-order valence-corrected chi connectivity index (χ2v) is 9.23. The van der Waals surface area contributed by atoms with Crippen LogP contribution in [0.1, 0.15) is 61.7 Å². The Balaban J connectivity index is 1.59. The van der Waals surface area contributed by atoms with Gasteiger partial charge in [-0.25, -0.2) is 5.01 Å². The summed E-state index contributed by atoms with van der Waals surface area (Å²) in [6, 6.07) is 25.4. The topological polar surface area (TPSA) is 34.1 Å². The molecule has 0 radical (unpaired) electrons. The molecule has 158 valence electrons. The fourth-order valence-corrected chi connectivity index (χ4v) is 4.42. The minimum absolute atomic E-state index is 0.108. The lowest BCUT2D eigenvalue weighted by Crippen LogP contribution is -2.34. The zero-order chi connectivity index (χ0) is 21.6. The Hall–Kier alpha value is -3.27. The zero-order valence-corrected chi connectivity index (χ0v) is 18.5. The number of para-hydroxylation sites is 1. The molecular weight excluding hydrogens is 384 g/mol. The smallest absolute Gasteiger partial charge is 0.214 e. The standard InChI is InChI=1S/C27H28N2O2/c1-27(2,3)20-15-13-19(14-16-20)26-29-23(17-22(28-29)18-9-6-5-7-10-18)21-11-8-12-24(30-4)25(21)31-26/h5-16,23,26H,17H2,1-4H3/t23-,26+/m1/s1. The van der Waals surface area contributed by atoms with Gasteiger partial charge in [0, 0.05) is 17.5 Å². The van der Waals surface area contributed by atoms with Gasteiger partial charge in [-0.2, -0.15) is 5.10 Å². The Morgan fingerprint density at radius 1 is 0.935 bits per heavy atom. The third-order valence-corrected chi connectivity index (χ3v) is 6.17. The Morgan fingerprint density at radius 3 is 2.35 bits per heavy atom. The van der Waals surface area contributed by atoms with Gasteiger partial charge < -0.3 is 9.47 Å². The van der Waals surface area contributed by atoms with Crippen molar-refractivity contribution in [3.05, 3.63) is 95.1 Å². The van der Waals surface area contributed by atoms with Crippen LogP contribution in [-0.4, -0.2) is 17.8 Å². The van der Waals surface area contributed by atoms with E-state index in [2.05, 4.69) is 80.4 Å². The molecule has 0 amide bonds. The highest BCUT2D eigenvalue weighted by Gasteiger charge is 2.42. The number of benzene rings is 3. The van der Waals surface area contributed by atoms with E-state index >= 15 is 0 Å². The van der Waals surface area contributed by atoms with E-state index < -0.39 is 0 Å². The SMILES string of the molecule is COc1cccc2c1O[C@@H](c1ccc(C(C)(C)C)cc1)N1N=C(c3ccccc3)C[C@H]21. The molecular formula is C27H28N2O2. The number of hydrogen-bond acceptors (Lipinski definition) is 4. The minimum Gasteiger partial charge on any atom is -0.493 e. The molecule has 2 aliphatic rings. The largest absolute Gasteiger partial charge is 0.493 e. The first-order valence-electron chi connectivity index (χ1n) is 10.8. The summed E-state index contributed by atoms with van der Waals surface area (Å²) in [5.74, 6) is 1.59. The van der Waals surface area contributed by atoms with Crippen LogP contribution in [0.2, 0.25) is 0 Å². The van der Waals surface area contributed by atoms with Crippen molar-refractivity contribution in [3.63, 3.8) is 0 Å². The van der Waals surface area contributed by atoms with Crippen molar-refractivity contribution < 1.29 is 9.47 Å². The molecule has 3 aromatic rings. The molecule has 0 saturated heterocycles. The van der Waals surface area contributed by atoms with Gasteiger partial charge in [-0.1, -0.05) is 87.5 Å². The summed E-state index contributed by atoms with van der Waals surface area (Å²) < 4.78 is 12.2. The predicted molar refractivity (Wildman–Crippen MR) is 124 cm³/mol. The summed E-state index contributed by atoms with van der Waals surface area (Å²) in [5.41, 5.74) is 5.86. The van der Waals surface area contributed by atoms with Gasteiger partial charge in [0.2, 0.25) is 6.23 Å². The molecule has 0 bridgehead atoms. The van der Waals surface area contributed by atoms with E-state index in [9.17, 15) is 0 Å². The van der Waals surface area contributed by atoms with Crippen molar-refractivity contribution in [2.45, 2.75) is 44.9 Å². The first-order valence-corrected chi connectivity index (χ1v) is 10.8. The van der Waals surface area contributed by atoms with Crippen molar-refractivity contribution >= 4 is 5.71 Å². The molecule has 2 atom stereocenters. The number of hydrazone groups is 1. The van der Waals surface area contributed by atoms with Crippen LogP contribution in [0.25, 0.3) is 0 Å². The van der Waals surface area contributed by atoms with E-state index in [1.54, 1.807) is 7.11 Å². The highest BCUT2D eigenvalue weighted by molar-refractivity contribution is 6.01. The molecule has 0 aromatic heterocycles. The second-order valence-electron chi connectivity index (χ2n) is 9.23. The lowest BCUT2D eigenvalue weighted by atomic mass is 9.86. The van der Waals surface area contributed by atoms with Gasteiger partial charge in [0.1, 0.15) is 0 Å². The Bertz CT molecular complexity index is 1110. The summed E-state index contributed by atoms with van der Waals surface area (Å²) in [4.78, 5) is 0. The van der Waals surface area contributed by atoms with Crippen molar-refractivity contribution in [1.82, 2.24) is 5.01 Å². The average Bonchev–Trinajstić information content (AvgIpc) is 3.24. The highest BCUT2D eigenvalue weighted by atomic mass is 16.5. The number of rotatable bonds is 3. The number of fused-ring (bicyclic) bond motifs is 3. The molecule has 0 unspecified atom stereocenters. The normalized spacial score (nSPS) is 19.9. The van der Waals surface area contributed by atoms with Crippen LogP contribution in [0.4, 0.5) is 0 Å². The molecule has 5 rings (SSSR count). The third-order valence-electron chi connectivity index (χ3n) is 6.17. The quantitative estimate of drug-likeness (QED) is 0.511. The first-order chi connectivity index (χ1) is 15.0. The van der Waals surface area contributed by atoms with Crippen LogP contribution < -0.4 is 9.47 Å². The summed E-state index contributed by atoms with van der Waals surface area (Å²) in [5, 5.41) is 7.17. The number of hydrogen-bond donors (Lipinski definition) is 0. The Kier molecular flexibility index (Phi) is 4.73. The molecule has 0 spiro atoms. The fraction of sp³-hybridized carbons (Fsp3) is 0.296. The lowest BCUT2D eigenvalue weighted by molar-refractivity contribution is -0.0209. The molecule has 0 saturated carbocycles. The summed E-state index contributed by atoms with van der Waals surface area (Å²) in [7, 11) is 1.69. The number of methoxy groups -OCH3 is 1. The Morgan fingerprint density at radius 2 is 1.68 bits per heavy atom. The number of nitrogens with zero attached hydrogens (tertiary/aromatic N) is 2. The molecule has 4 nitrogen and oxygen atoms in total. The van der Waals surface area contributed by atoms with E-state index in [0.29, 0.717) is 0 Å². The Labute approximate surface area is 184 Å². The van der Waals surface area contributed by atoms with Gasteiger partial charge in [0.05, 0.1) is 18.9 Å². The van der Waals surface area contributed by atoms with E-state index in [1.807, 2.05) is 18.2 Å². The maximum absolute atomic E-state index is 6.56. The molecule has 0 aliphatic carbocycles. The molecule has 0 fully saturated rings. The lowest BCUT2D eigenvalue weighted by Gasteiger charge is -2.38. The van der Waals surface area contributed by atoms with Gasteiger partial charge >= 0.3 is 0 Å². The van der Waals surface area contributed by atoms with Gasteiger partial charge in [0.25, 0.3) is 0 Å². The average molecular weight is 413 g/mol. The van der Waals surface area contributed by atoms with Crippen LogP contribution in [0.5, 0.6) is 11.5 Å². The van der Waals surface area contributed by atoms with Gasteiger partial charge in [0.15, 0.2) is 11.5 Å². The number of ether oxygens (including phenoxy) is 2. The fourth-order valence-electron chi connectivity index (χ4n) is 4.42. The van der Waals surface area contributed by atoms with E-state index in [1.165, 1.54) is 5.56 Å². The maximum atomic E-state index is 6.56. The van der Waals surface area contributed by atoms with Crippen LogP contribution in [0.15, 0.2) is 77.9 Å². The molecule has 3 aromatic carbocycles. The molecule has 31 heavy (non-hydrogen) atoms. The van der Waals surface area contributed by atoms with Crippen LogP contribution >= 0.6 is 0 Å². The van der Waals surface area contributed by atoms with Crippen molar-refractivity contribution in [2.75, 3.05) is 7.11 Å². The second kappa shape index (κ2) is 7.45. The van der Waals surface area contributed by atoms with Gasteiger partial charge in [-0.3, -0.25) is 0 Å². The van der Waals surface area contributed by atoms with Gasteiger partial charge in [-0.15, -0.1) is 0 Å². The van der Waals surface area contributed by atoms with E-state index in [0.717, 1.165) is 40.3 Å². The molecule has 0 N–H and O–H groups in total. The third kappa shape index (κ3) is 3.46. The maximum Gasteiger partial charge on any atom is 0.214 e. The first kappa shape index (κ1) is 19.7. The van der Waals surface area contributed by atoms with Crippen molar-refractivity contribution in [1.29, 1.82) is 0 Å². The highest BCUT2D eigenvalue weighted by Crippen LogP contribution is 2.50. The van der Waals surface area contributed by atoms with E-state index in [4.69, 9.17) is 14.6 Å². The van der Waals surface area contributed by atoms with Crippen LogP contribution in [0, 0.1) is 0 Å². The molecule has 4 heteroatoms. The predicted octanol–water partition coefficient (Wildman–Crippen LogP) is 6.24. The summed E-state index contributed by atoms with van der Waals surface area (Å²) in [6.07, 6.45) is 0.536. The van der Waals surface area contributed by atoms with Crippen molar-refractivity contribution in [3.8, 4) is 11.5 Å². The molecule has 2 heterocycles. The minimum atomic E-state index is -0.302. The molecule has 2 aliphatic heterocycles. The van der Waals surface area contributed by atoms with Gasteiger partial charge in [-0.05, 0) is 22.6 Å². The van der Waals surface area contributed by atoms with Crippen LogP contribution in [-0.2, 0) is 5.41 Å². The summed E-state index contributed by atoms with van der Waals surface area (Å²) in [6.45, 7) is 6.69. The zero-order valence-electron chi connectivity index (χ0n) is 18.5. The van der Waals surface area contributed by atoms with Crippen LogP contribution in [0.3, 0.4) is 0 Å². The van der Waals surface area contributed by atoms with Crippen molar-refractivity contribution in [2.24, 2.45) is 5.10 Å².